The van der Waals surface area contributed by atoms with Crippen molar-refractivity contribution in [3.63, 3.8) is 0 Å². The average Bonchev–Trinajstić information content (AvgIpc) is 2.87. The lowest BCUT2D eigenvalue weighted by Crippen LogP contribution is -2.16. The van der Waals surface area contributed by atoms with Crippen LogP contribution >= 0.6 is 27.3 Å². The van der Waals surface area contributed by atoms with E-state index in [0.29, 0.717) is 0 Å². The van der Waals surface area contributed by atoms with Gasteiger partial charge < -0.3 is 5.73 Å². The smallest absolute Gasteiger partial charge is 0.0817 e. The number of nitrogens with zero attached hydrogens (tertiary/aromatic N) is 2. The zero-order chi connectivity index (χ0) is 11.5. The molecule has 2 rings (SSSR count). The van der Waals surface area contributed by atoms with Crippen LogP contribution in [0.3, 0.4) is 0 Å². The predicted molar refractivity (Wildman–Crippen MR) is 70.6 cm³/mol. The fourth-order valence-corrected chi connectivity index (χ4v) is 3.10. The first kappa shape index (κ1) is 11.8. The van der Waals surface area contributed by atoms with Gasteiger partial charge in [-0.3, -0.25) is 4.68 Å². The quantitative estimate of drug-likeness (QED) is 0.942. The van der Waals surface area contributed by atoms with Crippen LogP contribution in [0.25, 0.3) is 0 Å². The molecule has 2 aromatic rings. The highest BCUT2D eigenvalue weighted by atomic mass is 79.9. The molecule has 16 heavy (non-hydrogen) atoms. The van der Waals surface area contributed by atoms with E-state index in [4.69, 9.17) is 5.73 Å². The Morgan fingerprint density at radius 1 is 1.62 bits per heavy atom. The number of rotatable bonds is 4. The molecule has 0 aliphatic rings. The maximum absolute atomic E-state index is 6.23. The molecule has 0 aromatic carbocycles. The van der Waals surface area contributed by atoms with E-state index in [9.17, 15) is 0 Å². The minimum Gasteiger partial charge on any atom is -0.318 e. The largest absolute Gasteiger partial charge is 0.318 e. The van der Waals surface area contributed by atoms with Crippen LogP contribution in [-0.2, 0) is 6.54 Å². The number of hydrogen-bond acceptors (Lipinski definition) is 3. The topological polar surface area (TPSA) is 43.8 Å². The lowest BCUT2D eigenvalue weighted by Gasteiger charge is -2.12. The van der Waals surface area contributed by atoms with Crippen molar-refractivity contribution in [1.82, 2.24) is 9.78 Å². The van der Waals surface area contributed by atoms with Gasteiger partial charge in [-0.25, -0.2) is 0 Å². The Labute approximate surface area is 107 Å². The van der Waals surface area contributed by atoms with Crippen molar-refractivity contribution in [2.45, 2.75) is 25.9 Å². The van der Waals surface area contributed by atoms with Crippen LogP contribution in [0, 0.1) is 0 Å². The third-order valence-electron chi connectivity index (χ3n) is 2.40. The Morgan fingerprint density at radius 3 is 3.06 bits per heavy atom. The van der Waals surface area contributed by atoms with Crippen molar-refractivity contribution >= 4 is 27.3 Å². The zero-order valence-corrected chi connectivity index (χ0v) is 11.5. The third kappa shape index (κ3) is 2.36. The van der Waals surface area contributed by atoms with Gasteiger partial charge in [-0.1, -0.05) is 6.92 Å². The summed E-state index contributed by atoms with van der Waals surface area (Å²) in [4.78, 5) is 1.16. The Kier molecular flexibility index (Phi) is 3.78. The van der Waals surface area contributed by atoms with Crippen molar-refractivity contribution < 1.29 is 0 Å². The molecule has 0 aliphatic heterocycles. The van der Waals surface area contributed by atoms with Gasteiger partial charge in [-0.2, -0.15) is 5.10 Å². The molecule has 2 aromatic heterocycles. The van der Waals surface area contributed by atoms with Crippen LogP contribution in [0.5, 0.6) is 0 Å². The molecule has 1 unspecified atom stereocenters. The lowest BCUT2D eigenvalue weighted by molar-refractivity contribution is 0.561. The maximum Gasteiger partial charge on any atom is 0.0817 e. The highest BCUT2D eigenvalue weighted by molar-refractivity contribution is 9.10. The fraction of sp³-hybridized carbons (Fsp3) is 0.364. The normalized spacial score (nSPS) is 12.9. The molecule has 0 aliphatic carbocycles. The van der Waals surface area contributed by atoms with Crippen molar-refractivity contribution in [2.75, 3.05) is 0 Å². The highest BCUT2D eigenvalue weighted by Crippen LogP contribution is 2.28. The summed E-state index contributed by atoms with van der Waals surface area (Å²) in [5, 5.41) is 6.34. The summed E-state index contributed by atoms with van der Waals surface area (Å²) in [6, 6.07) is 3.98. The van der Waals surface area contributed by atoms with E-state index in [1.165, 1.54) is 0 Å². The second-order valence-corrected chi connectivity index (χ2v) is 5.48. The summed E-state index contributed by atoms with van der Waals surface area (Å²) in [5.41, 5.74) is 7.31. The second-order valence-electron chi connectivity index (χ2n) is 3.62. The van der Waals surface area contributed by atoms with Gasteiger partial charge in [0, 0.05) is 27.5 Å². The summed E-state index contributed by atoms with van der Waals surface area (Å²) >= 11 is 5.12. The molecule has 0 saturated heterocycles. The molecule has 86 valence electrons. The number of aryl methyl sites for hydroxylation is 1. The minimum atomic E-state index is -0.0784. The predicted octanol–water partition coefficient (Wildman–Crippen LogP) is 3.17. The molecule has 5 heteroatoms. The monoisotopic (exact) mass is 299 g/mol. The van der Waals surface area contributed by atoms with Crippen LogP contribution in [0.15, 0.2) is 28.2 Å². The standard InChI is InChI=1S/C11H14BrN3S/c1-2-5-15-9(3-4-14-15)11(13)10-6-8(12)7-16-10/h3-4,6-7,11H,2,5,13H2,1H3. The molecule has 2 N–H and O–H groups in total. The van der Waals surface area contributed by atoms with Crippen molar-refractivity contribution in [3.8, 4) is 0 Å². The highest BCUT2D eigenvalue weighted by Gasteiger charge is 2.15. The molecule has 1 atom stereocenters. The van der Waals surface area contributed by atoms with Crippen molar-refractivity contribution in [3.05, 3.63) is 38.8 Å². The summed E-state index contributed by atoms with van der Waals surface area (Å²) in [7, 11) is 0. The number of thiophene rings is 1. The molecule has 0 amide bonds. The second kappa shape index (κ2) is 5.12. The maximum atomic E-state index is 6.23. The molecular formula is C11H14BrN3S. The number of nitrogens with two attached hydrogens (primary N) is 1. The van der Waals surface area contributed by atoms with Crippen LogP contribution in [0.2, 0.25) is 0 Å². The van der Waals surface area contributed by atoms with Gasteiger partial charge in [0.05, 0.1) is 11.7 Å². The van der Waals surface area contributed by atoms with Crippen molar-refractivity contribution in [1.29, 1.82) is 0 Å². The molecule has 0 saturated carbocycles. The van der Waals surface area contributed by atoms with E-state index in [0.717, 1.165) is 28.0 Å². The van der Waals surface area contributed by atoms with E-state index < -0.39 is 0 Å². The van der Waals surface area contributed by atoms with Gasteiger partial charge >= 0.3 is 0 Å². The molecule has 0 fully saturated rings. The lowest BCUT2D eigenvalue weighted by atomic mass is 10.2. The summed E-state index contributed by atoms with van der Waals surface area (Å²) in [6.07, 6.45) is 2.88. The van der Waals surface area contributed by atoms with E-state index in [2.05, 4.69) is 39.4 Å². The molecule has 2 heterocycles. The Morgan fingerprint density at radius 2 is 2.44 bits per heavy atom. The van der Waals surface area contributed by atoms with Gasteiger partial charge in [0.15, 0.2) is 0 Å². The van der Waals surface area contributed by atoms with Crippen LogP contribution in [0.1, 0.15) is 30.0 Å². The number of aromatic nitrogens is 2. The zero-order valence-electron chi connectivity index (χ0n) is 9.06. The average molecular weight is 300 g/mol. The minimum absolute atomic E-state index is 0.0784. The van der Waals surface area contributed by atoms with Crippen LogP contribution in [0.4, 0.5) is 0 Å². The van der Waals surface area contributed by atoms with E-state index in [1.54, 1.807) is 11.3 Å². The Bertz CT molecular complexity index is 463. The van der Waals surface area contributed by atoms with Gasteiger partial charge in [0.1, 0.15) is 0 Å². The first-order chi connectivity index (χ1) is 7.72. The van der Waals surface area contributed by atoms with Crippen LogP contribution < -0.4 is 5.73 Å². The summed E-state index contributed by atoms with van der Waals surface area (Å²) < 4.78 is 3.07. The summed E-state index contributed by atoms with van der Waals surface area (Å²) in [6.45, 7) is 3.06. The van der Waals surface area contributed by atoms with Gasteiger partial charge in [-0.05, 0) is 34.5 Å². The molecule has 0 radical (unpaired) electrons. The van der Waals surface area contributed by atoms with Gasteiger partial charge in [0.2, 0.25) is 0 Å². The first-order valence-electron chi connectivity index (χ1n) is 5.23. The molecule has 0 spiro atoms. The Hall–Kier alpha value is -0.650. The van der Waals surface area contributed by atoms with E-state index in [-0.39, 0.29) is 6.04 Å². The Balaban J connectivity index is 2.26. The molecule has 3 nitrogen and oxygen atoms in total. The van der Waals surface area contributed by atoms with E-state index in [1.807, 2.05) is 16.9 Å². The number of halogens is 1. The fourth-order valence-electron chi connectivity index (χ4n) is 1.64. The van der Waals surface area contributed by atoms with Gasteiger partial charge in [0.25, 0.3) is 0 Å². The molecular weight excluding hydrogens is 286 g/mol. The van der Waals surface area contributed by atoms with Crippen LogP contribution in [-0.4, -0.2) is 9.78 Å². The van der Waals surface area contributed by atoms with E-state index >= 15 is 0 Å². The SMILES string of the molecule is CCCn1nccc1C(N)c1cc(Br)cs1. The number of hydrogen-bond donors (Lipinski definition) is 1. The molecule has 0 bridgehead atoms. The first-order valence-corrected chi connectivity index (χ1v) is 6.91. The summed E-state index contributed by atoms with van der Waals surface area (Å²) in [5.74, 6) is 0. The van der Waals surface area contributed by atoms with Crippen molar-refractivity contribution in [2.24, 2.45) is 5.73 Å². The van der Waals surface area contributed by atoms with Gasteiger partial charge in [-0.15, -0.1) is 11.3 Å². The third-order valence-corrected chi connectivity index (χ3v) is 4.17.